The summed E-state index contributed by atoms with van der Waals surface area (Å²) in [5.41, 5.74) is 0.502. The predicted octanol–water partition coefficient (Wildman–Crippen LogP) is 4.62. The van der Waals surface area contributed by atoms with Crippen LogP contribution >= 0.6 is 0 Å². The van der Waals surface area contributed by atoms with Crippen molar-refractivity contribution in [2.24, 2.45) is 0 Å². The molecule has 14 heteroatoms. The summed E-state index contributed by atoms with van der Waals surface area (Å²) >= 11 is 0. The van der Waals surface area contributed by atoms with Crippen molar-refractivity contribution in [3.8, 4) is 5.82 Å². The van der Waals surface area contributed by atoms with E-state index in [0.29, 0.717) is 61.2 Å². The van der Waals surface area contributed by atoms with E-state index in [1.165, 1.54) is 10.9 Å². The van der Waals surface area contributed by atoms with Crippen molar-refractivity contribution in [2.75, 3.05) is 12.4 Å². The second-order valence-electron chi connectivity index (χ2n) is 12.7. The Balaban J connectivity index is 1.18. The molecule has 1 atom stereocenters. The van der Waals surface area contributed by atoms with E-state index < -0.39 is 17.0 Å². The van der Waals surface area contributed by atoms with E-state index >= 15 is 0 Å². The van der Waals surface area contributed by atoms with Crippen LogP contribution in [0.2, 0.25) is 0 Å². The molecule has 0 aliphatic heterocycles. The lowest BCUT2D eigenvalue weighted by atomic mass is 9.77. The van der Waals surface area contributed by atoms with Crippen molar-refractivity contribution in [3.63, 3.8) is 0 Å². The fourth-order valence-corrected chi connectivity index (χ4v) is 6.00. The van der Waals surface area contributed by atoms with Crippen molar-refractivity contribution in [1.82, 2.24) is 44.8 Å². The largest absolute Gasteiger partial charge is 0.389 e. The van der Waals surface area contributed by atoms with Gasteiger partial charge in [-0.15, -0.1) is 0 Å². The smallest absolute Gasteiger partial charge is 0.252 e. The molecule has 0 unspecified atom stereocenters. The molecule has 0 aromatic carbocycles. The van der Waals surface area contributed by atoms with E-state index in [1.807, 2.05) is 42.8 Å². The lowest BCUT2D eigenvalue weighted by molar-refractivity contribution is -0.148. The molecule has 1 amide bonds. The highest BCUT2D eigenvalue weighted by Gasteiger charge is 2.43. The molecule has 242 valence electrons. The summed E-state index contributed by atoms with van der Waals surface area (Å²) in [6, 6.07) is 7.07. The second kappa shape index (κ2) is 12.2. The van der Waals surface area contributed by atoms with E-state index in [-0.39, 0.29) is 17.9 Å². The normalized spacial score (nSPS) is 19.3. The van der Waals surface area contributed by atoms with Gasteiger partial charge in [-0.2, -0.15) is 10.2 Å². The Morgan fingerprint density at radius 2 is 2.02 bits per heavy atom. The molecule has 1 aliphatic rings. The number of rotatable bonds is 10. The number of nitrogens with zero attached hydrogens (tertiary/aromatic N) is 7. The van der Waals surface area contributed by atoms with Gasteiger partial charge in [0.25, 0.3) is 5.91 Å². The van der Waals surface area contributed by atoms with Gasteiger partial charge in [0.05, 0.1) is 36.0 Å². The number of fused-ring (bicyclic) bond motifs is 1. The Morgan fingerprint density at radius 1 is 1.24 bits per heavy atom. The van der Waals surface area contributed by atoms with Gasteiger partial charge in [-0.3, -0.25) is 9.89 Å². The minimum atomic E-state index is -0.996. The van der Waals surface area contributed by atoms with Crippen LogP contribution in [0.5, 0.6) is 0 Å². The van der Waals surface area contributed by atoms with Crippen LogP contribution in [0.1, 0.15) is 75.5 Å². The van der Waals surface area contributed by atoms with Crippen molar-refractivity contribution in [3.05, 3.63) is 72.0 Å². The lowest BCUT2D eigenvalue weighted by Gasteiger charge is -2.38. The molecule has 1 aliphatic carbocycles. The number of H-pyrrole nitrogens is 1. The lowest BCUT2D eigenvalue weighted by Crippen LogP contribution is -2.50. The van der Waals surface area contributed by atoms with E-state index in [2.05, 4.69) is 30.9 Å². The highest BCUT2D eigenvalue weighted by Crippen LogP contribution is 2.40. The third-order valence-electron chi connectivity index (χ3n) is 8.51. The number of aliphatic hydroxyl groups is 1. The van der Waals surface area contributed by atoms with Crippen LogP contribution in [0.25, 0.3) is 16.9 Å². The van der Waals surface area contributed by atoms with Crippen molar-refractivity contribution in [1.29, 1.82) is 0 Å². The summed E-state index contributed by atoms with van der Waals surface area (Å²) < 4.78 is 22.6. The number of hydrogen-bond acceptors (Lipinski definition) is 9. The molecule has 0 radical (unpaired) electrons. The summed E-state index contributed by atoms with van der Waals surface area (Å²) in [5.74, 6) is 1.78. The number of nitrogens with one attached hydrogen (secondary N) is 3. The van der Waals surface area contributed by atoms with Gasteiger partial charge >= 0.3 is 0 Å². The van der Waals surface area contributed by atoms with Gasteiger partial charge < -0.3 is 25.0 Å². The first-order chi connectivity index (χ1) is 21.9. The van der Waals surface area contributed by atoms with Crippen molar-refractivity contribution < 1.29 is 19.0 Å². The molecule has 46 heavy (non-hydrogen) atoms. The third kappa shape index (κ3) is 6.49. The summed E-state index contributed by atoms with van der Waals surface area (Å²) in [6.45, 7) is 7.71. The van der Waals surface area contributed by atoms with Crippen LogP contribution in [0.4, 0.5) is 16.0 Å². The number of hydrogen-bond donors (Lipinski definition) is 4. The molecule has 4 N–H and O–H groups in total. The first-order valence-electron chi connectivity index (χ1n) is 15.3. The maximum absolute atomic E-state index is 13.7. The average molecular weight is 631 g/mol. The number of amides is 1. The third-order valence-corrected chi connectivity index (χ3v) is 8.51. The first kappa shape index (κ1) is 31.3. The fourth-order valence-electron chi connectivity index (χ4n) is 6.00. The number of carbonyl (C=O) groups excluding carboxylic acids is 1. The van der Waals surface area contributed by atoms with Gasteiger partial charge in [0.1, 0.15) is 22.9 Å². The zero-order chi connectivity index (χ0) is 32.6. The molecule has 5 aromatic heterocycles. The van der Waals surface area contributed by atoms with Crippen LogP contribution in [-0.4, -0.2) is 68.8 Å². The summed E-state index contributed by atoms with van der Waals surface area (Å²) in [5, 5.41) is 29.0. The molecule has 5 heterocycles. The Labute approximate surface area is 265 Å². The number of carbonyl (C=O) groups is 1. The second-order valence-corrected chi connectivity index (χ2v) is 12.7. The summed E-state index contributed by atoms with van der Waals surface area (Å²) in [4.78, 5) is 28.0. The number of aryl methyl sites for hydroxylation is 1. The van der Waals surface area contributed by atoms with E-state index in [4.69, 9.17) is 14.7 Å². The number of anilines is 2. The van der Waals surface area contributed by atoms with Crippen molar-refractivity contribution in [2.45, 2.75) is 83.1 Å². The molecule has 0 saturated heterocycles. The fraction of sp³-hybridized carbons (Fsp3) is 0.438. The standard InChI is InChI=1S/C32H39FN10O3/c1-19-14-25(41-40-19)37-28-24-10-13-42(18-31(3,4)45)29(24)39-27(38-28)21-8-11-32(46-5,12-9-21)30(44)36-20(2)22-6-7-26(34-15-22)43-17-23(33)16-35-43/h6-7,10,13-17,20-21,45H,8-9,11-12,18H2,1-5H3,(H,36,44)(H2,37,38,39,40,41)/t20-,21?,32?/m0/s1. The zero-order valence-corrected chi connectivity index (χ0v) is 26.6. The molecular weight excluding hydrogens is 591 g/mol. The molecule has 13 nitrogen and oxygen atoms in total. The summed E-state index contributed by atoms with van der Waals surface area (Å²) in [6.07, 6.45) is 8.19. The Kier molecular flexibility index (Phi) is 8.33. The summed E-state index contributed by atoms with van der Waals surface area (Å²) in [7, 11) is 1.57. The van der Waals surface area contributed by atoms with Crippen LogP contribution in [0.3, 0.4) is 0 Å². The number of pyridine rings is 1. The number of aromatic nitrogens is 8. The van der Waals surface area contributed by atoms with Gasteiger partial charge in [0, 0.05) is 37.2 Å². The Bertz CT molecular complexity index is 1830. The molecule has 6 rings (SSSR count). The zero-order valence-electron chi connectivity index (χ0n) is 26.6. The van der Waals surface area contributed by atoms with Crippen molar-refractivity contribution >= 4 is 28.6 Å². The van der Waals surface area contributed by atoms with Crippen LogP contribution in [0, 0.1) is 12.7 Å². The monoisotopic (exact) mass is 630 g/mol. The van der Waals surface area contributed by atoms with Gasteiger partial charge in [-0.05, 0) is 71.1 Å². The van der Waals surface area contributed by atoms with E-state index in [0.717, 1.165) is 22.8 Å². The number of methoxy groups -OCH3 is 1. The molecule has 5 aromatic rings. The van der Waals surface area contributed by atoms with Gasteiger partial charge in [0.2, 0.25) is 0 Å². The quantitative estimate of drug-likeness (QED) is 0.173. The highest BCUT2D eigenvalue weighted by atomic mass is 19.1. The first-order valence-corrected chi connectivity index (χ1v) is 15.3. The maximum atomic E-state index is 13.7. The van der Waals surface area contributed by atoms with Crippen LogP contribution in [0.15, 0.2) is 49.1 Å². The highest BCUT2D eigenvalue weighted by molar-refractivity contribution is 5.89. The molecule has 1 saturated carbocycles. The van der Waals surface area contributed by atoms with Gasteiger partial charge in [-0.25, -0.2) is 24.0 Å². The predicted molar refractivity (Wildman–Crippen MR) is 169 cm³/mol. The number of ether oxygens (including phenoxy) is 1. The van der Waals surface area contributed by atoms with E-state index in [9.17, 15) is 14.3 Å². The minimum Gasteiger partial charge on any atom is -0.389 e. The number of halogens is 1. The van der Waals surface area contributed by atoms with Gasteiger partial charge in [-0.1, -0.05) is 6.07 Å². The van der Waals surface area contributed by atoms with Crippen LogP contribution < -0.4 is 10.6 Å². The van der Waals surface area contributed by atoms with E-state index in [1.54, 1.807) is 33.2 Å². The SMILES string of the molecule is COC1(C(=O)N[C@@H](C)c2ccc(-n3cc(F)cn3)nc2)CCC(c2nc(Nc3cc(C)[nH]n3)c3ccn(CC(C)(C)O)c3n2)CC1. The molecule has 1 fully saturated rings. The maximum Gasteiger partial charge on any atom is 0.252 e. The number of aromatic amines is 1. The Morgan fingerprint density at radius 3 is 2.63 bits per heavy atom. The molecular formula is C32H39FN10O3. The Hall–Kier alpha value is -4.69. The average Bonchev–Trinajstić information content (AvgIpc) is 3.76. The topological polar surface area (TPSA) is 161 Å². The van der Waals surface area contributed by atoms with Gasteiger partial charge in [0.15, 0.2) is 17.5 Å². The molecule has 0 bridgehead atoms. The van der Waals surface area contributed by atoms with Crippen LogP contribution in [-0.2, 0) is 16.1 Å². The molecule has 0 spiro atoms. The minimum absolute atomic E-state index is 0.00580.